The van der Waals surface area contributed by atoms with Crippen LogP contribution in [-0.4, -0.2) is 0 Å². The van der Waals surface area contributed by atoms with Gasteiger partial charge in [0.15, 0.2) is 11.5 Å². The molecule has 3 nitrogen and oxygen atoms in total. The van der Waals surface area contributed by atoms with E-state index in [1.807, 2.05) is 45.0 Å². The molecule has 6 heteroatoms. The second kappa shape index (κ2) is 5.16. The Morgan fingerprint density at radius 3 is 2.00 bits per heavy atom. The lowest BCUT2D eigenvalue weighted by Crippen LogP contribution is -2.12. The van der Waals surface area contributed by atoms with Gasteiger partial charge >= 0.3 is 8.60 Å². The molecular weight excluding hydrogens is 294 g/mol. The third-order valence-corrected chi connectivity index (χ3v) is 3.58. The molecular formula is C12H13Cl2O3P. The third-order valence-electron chi connectivity index (χ3n) is 2.21. The van der Waals surface area contributed by atoms with Crippen molar-refractivity contribution < 1.29 is 13.6 Å². The van der Waals surface area contributed by atoms with Gasteiger partial charge in [0, 0.05) is 5.41 Å². The Labute approximate surface area is 118 Å². The molecule has 0 saturated carbocycles. The van der Waals surface area contributed by atoms with Crippen LogP contribution in [0.4, 0.5) is 0 Å². The maximum absolute atomic E-state index is 5.84. The average molecular weight is 307 g/mol. The van der Waals surface area contributed by atoms with Gasteiger partial charge in [0.2, 0.25) is 0 Å². The first-order valence-corrected chi connectivity index (χ1v) is 7.22. The van der Waals surface area contributed by atoms with Gasteiger partial charge in [0.1, 0.15) is 10.3 Å². The van der Waals surface area contributed by atoms with Crippen molar-refractivity contribution in [2.24, 2.45) is 5.41 Å². The van der Waals surface area contributed by atoms with E-state index in [-0.39, 0.29) is 9.91 Å². The molecule has 1 aromatic carbocycles. The maximum atomic E-state index is 5.84. The quantitative estimate of drug-likeness (QED) is 0.541. The van der Waals surface area contributed by atoms with E-state index in [0.29, 0.717) is 17.3 Å². The summed E-state index contributed by atoms with van der Waals surface area (Å²) in [4.78, 5) is 0. The lowest BCUT2D eigenvalue weighted by molar-refractivity contribution is 0.272. The third kappa shape index (κ3) is 3.03. The topological polar surface area (TPSA) is 27.7 Å². The van der Waals surface area contributed by atoms with Gasteiger partial charge < -0.3 is 13.6 Å². The molecule has 0 aromatic heterocycles. The molecule has 1 aromatic rings. The van der Waals surface area contributed by atoms with Crippen LogP contribution in [0.1, 0.15) is 20.8 Å². The minimum Gasteiger partial charge on any atom is -0.410 e. The van der Waals surface area contributed by atoms with Crippen molar-refractivity contribution in [3.05, 3.63) is 34.5 Å². The van der Waals surface area contributed by atoms with E-state index in [9.17, 15) is 0 Å². The van der Waals surface area contributed by atoms with Gasteiger partial charge in [0.25, 0.3) is 0 Å². The van der Waals surface area contributed by atoms with Crippen molar-refractivity contribution >= 4 is 31.8 Å². The smallest absolute Gasteiger partial charge is 0.410 e. The van der Waals surface area contributed by atoms with Crippen LogP contribution < -0.4 is 9.05 Å². The van der Waals surface area contributed by atoms with Gasteiger partial charge in [-0.3, -0.25) is 0 Å². The van der Waals surface area contributed by atoms with Crippen molar-refractivity contribution in [1.29, 1.82) is 0 Å². The first kappa shape index (κ1) is 13.8. The second-order valence-corrected chi connectivity index (χ2v) is 6.73. The number of fused-ring (bicyclic) bond motifs is 1. The summed E-state index contributed by atoms with van der Waals surface area (Å²) in [5.41, 5.74) is -0.317. The fourth-order valence-corrected chi connectivity index (χ4v) is 3.35. The van der Waals surface area contributed by atoms with E-state index < -0.39 is 8.60 Å². The highest BCUT2D eigenvalue weighted by atomic mass is 35.5. The highest BCUT2D eigenvalue weighted by Crippen LogP contribution is 2.55. The van der Waals surface area contributed by atoms with Crippen LogP contribution >= 0.6 is 31.8 Å². The van der Waals surface area contributed by atoms with E-state index in [1.54, 1.807) is 0 Å². The van der Waals surface area contributed by atoms with Gasteiger partial charge in [-0.25, -0.2) is 0 Å². The first-order chi connectivity index (χ1) is 8.38. The van der Waals surface area contributed by atoms with Crippen molar-refractivity contribution in [2.75, 3.05) is 0 Å². The fraction of sp³-hybridized carbons (Fsp3) is 0.333. The monoisotopic (exact) mass is 306 g/mol. The number of para-hydroxylation sites is 2. The van der Waals surface area contributed by atoms with Crippen LogP contribution in [0, 0.1) is 5.41 Å². The molecule has 0 fully saturated rings. The number of allylic oxidation sites excluding steroid dienone is 1. The average Bonchev–Trinajstić information content (AvgIpc) is 2.66. The van der Waals surface area contributed by atoms with Crippen molar-refractivity contribution in [2.45, 2.75) is 20.8 Å². The molecule has 0 unspecified atom stereocenters. The summed E-state index contributed by atoms with van der Waals surface area (Å²) in [5, 5.41) is 0. The lowest BCUT2D eigenvalue weighted by atomic mass is 9.95. The van der Waals surface area contributed by atoms with Gasteiger partial charge in [-0.05, 0) is 12.1 Å². The summed E-state index contributed by atoms with van der Waals surface area (Å²) in [7, 11) is -1.53. The fourth-order valence-electron chi connectivity index (χ4n) is 1.35. The van der Waals surface area contributed by atoms with Gasteiger partial charge in [-0.1, -0.05) is 56.1 Å². The molecule has 0 saturated heterocycles. The number of hydrogen-bond acceptors (Lipinski definition) is 3. The van der Waals surface area contributed by atoms with E-state index in [1.165, 1.54) is 0 Å². The minimum atomic E-state index is -1.53. The standard InChI is InChI=1S/C12H13Cl2O3P/c1-12(2,3)10(11(13)14)17-18-15-8-6-4-5-7-9(8)16-18/h4-7H,1-3H3. The Kier molecular flexibility index (Phi) is 3.96. The molecule has 0 radical (unpaired) electrons. The lowest BCUT2D eigenvalue weighted by Gasteiger charge is -2.23. The summed E-state index contributed by atoms with van der Waals surface area (Å²) in [6.45, 7) is 5.85. The van der Waals surface area contributed by atoms with E-state index in [2.05, 4.69) is 0 Å². The Morgan fingerprint density at radius 1 is 1.11 bits per heavy atom. The van der Waals surface area contributed by atoms with Crippen LogP contribution in [0.3, 0.4) is 0 Å². The second-order valence-electron chi connectivity index (χ2n) is 4.78. The number of hydrogen-bond donors (Lipinski definition) is 0. The molecule has 1 heterocycles. The highest BCUT2D eigenvalue weighted by molar-refractivity contribution is 7.43. The predicted molar refractivity (Wildman–Crippen MR) is 73.9 cm³/mol. The Morgan fingerprint density at radius 2 is 1.61 bits per heavy atom. The number of benzene rings is 1. The zero-order chi connectivity index (χ0) is 13.3. The first-order valence-electron chi connectivity index (χ1n) is 5.37. The highest BCUT2D eigenvalue weighted by Gasteiger charge is 2.34. The normalized spacial score (nSPS) is 14.5. The van der Waals surface area contributed by atoms with Gasteiger partial charge in [0.05, 0.1) is 0 Å². The Bertz CT molecular complexity index is 453. The Hall–Kier alpha value is -0.630. The van der Waals surface area contributed by atoms with Crippen molar-refractivity contribution in [3.63, 3.8) is 0 Å². The van der Waals surface area contributed by atoms with Crippen LogP contribution in [0.15, 0.2) is 34.5 Å². The van der Waals surface area contributed by atoms with Crippen LogP contribution in [0.25, 0.3) is 0 Å². The van der Waals surface area contributed by atoms with E-state index in [4.69, 9.17) is 36.8 Å². The molecule has 0 bridgehead atoms. The molecule has 0 atom stereocenters. The zero-order valence-electron chi connectivity index (χ0n) is 10.2. The molecule has 18 heavy (non-hydrogen) atoms. The summed E-state index contributed by atoms with van der Waals surface area (Å²) in [6.07, 6.45) is 0. The predicted octanol–water partition coefficient (Wildman–Crippen LogP) is 5.39. The summed E-state index contributed by atoms with van der Waals surface area (Å²) in [5.74, 6) is 1.80. The molecule has 0 N–H and O–H groups in total. The van der Waals surface area contributed by atoms with Gasteiger partial charge in [-0.2, -0.15) is 0 Å². The summed E-state index contributed by atoms with van der Waals surface area (Å²) in [6, 6.07) is 7.39. The van der Waals surface area contributed by atoms with E-state index in [0.717, 1.165) is 0 Å². The molecule has 0 amide bonds. The maximum Gasteiger partial charge on any atom is 0.530 e. The minimum absolute atomic E-state index is 0.0909. The molecule has 0 aliphatic carbocycles. The Balaban J connectivity index is 2.12. The van der Waals surface area contributed by atoms with Gasteiger partial charge in [-0.15, -0.1) is 0 Å². The molecule has 1 aliphatic heterocycles. The van der Waals surface area contributed by atoms with Crippen LogP contribution in [-0.2, 0) is 4.52 Å². The largest absolute Gasteiger partial charge is 0.530 e. The van der Waals surface area contributed by atoms with Crippen molar-refractivity contribution in [3.8, 4) is 11.5 Å². The van der Waals surface area contributed by atoms with Crippen LogP contribution in [0.2, 0.25) is 0 Å². The molecule has 2 rings (SSSR count). The van der Waals surface area contributed by atoms with Crippen LogP contribution in [0.5, 0.6) is 11.5 Å². The van der Waals surface area contributed by atoms with Crippen molar-refractivity contribution in [1.82, 2.24) is 0 Å². The molecule has 0 spiro atoms. The number of halogens is 2. The molecule has 1 aliphatic rings. The summed E-state index contributed by atoms with van der Waals surface area (Å²) >= 11 is 11.7. The number of rotatable bonds is 2. The van der Waals surface area contributed by atoms with E-state index >= 15 is 0 Å². The summed E-state index contributed by atoms with van der Waals surface area (Å²) < 4.78 is 16.9. The molecule has 98 valence electrons. The SMILES string of the molecule is CC(C)(C)C(OP1Oc2ccccc2O1)=C(Cl)Cl. The zero-order valence-corrected chi connectivity index (χ0v) is 12.6.